The molecule has 2 atom stereocenters. The summed E-state index contributed by atoms with van der Waals surface area (Å²) in [5, 5.41) is 12.2. The Balaban J connectivity index is 1.61. The van der Waals surface area contributed by atoms with Crippen molar-refractivity contribution in [3.63, 3.8) is 0 Å². The van der Waals surface area contributed by atoms with E-state index in [2.05, 4.69) is 35.0 Å². The van der Waals surface area contributed by atoms with Crippen LogP contribution >= 0.6 is 0 Å². The summed E-state index contributed by atoms with van der Waals surface area (Å²) in [6, 6.07) is 4.34. The molecule has 2 N–H and O–H groups in total. The summed E-state index contributed by atoms with van der Waals surface area (Å²) < 4.78 is 11.5. The molecular weight excluding hydrogens is 414 g/mol. The molecule has 0 spiro atoms. The molecule has 0 aromatic carbocycles. The predicted molar refractivity (Wildman–Crippen MR) is 130 cm³/mol. The highest BCUT2D eigenvalue weighted by Crippen LogP contribution is 2.31. The van der Waals surface area contributed by atoms with E-state index in [-0.39, 0.29) is 12.3 Å². The Bertz CT molecular complexity index is 1110. The lowest BCUT2D eigenvalue weighted by atomic mass is 10.1. The molecule has 7 heteroatoms. The number of nitrogens with zero attached hydrogens (tertiary/aromatic N) is 3. The van der Waals surface area contributed by atoms with Gasteiger partial charge in [-0.3, -0.25) is 4.98 Å². The first-order valence-electron chi connectivity index (χ1n) is 12.0. The quantitative estimate of drug-likeness (QED) is 0.539. The first-order chi connectivity index (χ1) is 16.2. The van der Waals surface area contributed by atoms with Gasteiger partial charge in [-0.05, 0) is 57.2 Å². The van der Waals surface area contributed by atoms with Gasteiger partial charge in [0.1, 0.15) is 23.3 Å². The summed E-state index contributed by atoms with van der Waals surface area (Å²) in [7, 11) is 0. The third kappa shape index (κ3) is 5.02. The number of ether oxygens (including phenoxy) is 2. The summed E-state index contributed by atoms with van der Waals surface area (Å²) in [5.41, 5.74) is 3.25. The van der Waals surface area contributed by atoms with Crippen LogP contribution < -0.4 is 10.2 Å². The van der Waals surface area contributed by atoms with Crippen molar-refractivity contribution in [2.75, 3.05) is 31.3 Å². The van der Waals surface area contributed by atoms with Crippen molar-refractivity contribution in [3.05, 3.63) is 35.7 Å². The average molecular weight is 446 g/mol. The largest absolute Gasteiger partial charge is 0.377 e. The number of morpholine rings is 1. The minimum absolute atomic E-state index is 0.0846. The van der Waals surface area contributed by atoms with Gasteiger partial charge in [-0.25, -0.2) is 4.98 Å². The molecule has 2 aliphatic heterocycles. The number of nitrogens with one attached hydrogen (secondary N) is 2. The predicted octanol–water partition coefficient (Wildman–Crippen LogP) is 3.72. The third-order valence-electron chi connectivity index (χ3n) is 6.37. The van der Waals surface area contributed by atoms with E-state index in [0.29, 0.717) is 19.1 Å². The molecular formula is C26H31N5O2. The molecule has 2 saturated heterocycles. The minimum atomic E-state index is -0.0846. The maximum atomic E-state index is 7.72. The fourth-order valence-corrected chi connectivity index (χ4v) is 4.37. The molecule has 4 heterocycles. The molecule has 0 amide bonds. The van der Waals surface area contributed by atoms with Crippen LogP contribution in [0.1, 0.15) is 50.3 Å². The van der Waals surface area contributed by atoms with Crippen molar-refractivity contribution in [1.82, 2.24) is 15.3 Å². The topological polar surface area (TPSA) is 83.4 Å². The second kappa shape index (κ2) is 9.90. The normalized spacial score (nSPS) is 23.7. The Morgan fingerprint density at radius 3 is 2.94 bits per heavy atom. The van der Waals surface area contributed by atoms with Crippen LogP contribution in [0.4, 0.5) is 5.82 Å². The first kappa shape index (κ1) is 21.9. The van der Waals surface area contributed by atoms with E-state index in [9.17, 15) is 0 Å². The fourth-order valence-electron chi connectivity index (χ4n) is 4.37. The van der Waals surface area contributed by atoms with Gasteiger partial charge in [0.05, 0.1) is 25.0 Å². The lowest BCUT2D eigenvalue weighted by Gasteiger charge is -2.34. The van der Waals surface area contributed by atoms with Crippen molar-refractivity contribution in [2.45, 2.75) is 51.3 Å². The van der Waals surface area contributed by atoms with Crippen molar-refractivity contribution in [2.24, 2.45) is 5.92 Å². The zero-order valence-corrected chi connectivity index (χ0v) is 19.1. The highest BCUT2D eigenvalue weighted by molar-refractivity contribution is 5.96. The van der Waals surface area contributed by atoms with Gasteiger partial charge >= 0.3 is 0 Å². The van der Waals surface area contributed by atoms with Crippen molar-refractivity contribution < 1.29 is 9.47 Å². The lowest BCUT2D eigenvalue weighted by Crippen LogP contribution is -2.44. The Labute approximate surface area is 195 Å². The summed E-state index contributed by atoms with van der Waals surface area (Å²) in [5.74, 6) is 8.27. The number of fused-ring (bicyclic) bond motifs is 1. The van der Waals surface area contributed by atoms with Gasteiger partial charge in [-0.15, -0.1) is 0 Å². The average Bonchev–Trinajstić information content (AvgIpc) is 3.67. The van der Waals surface area contributed by atoms with Crippen molar-refractivity contribution in [3.8, 4) is 11.8 Å². The van der Waals surface area contributed by atoms with E-state index in [4.69, 9.17) is 24.9 Å². The number of hydrogen-bond donors (Lipinski definition) is 2. The van der Waals surface area contributed by atoms with E-state index in [1.54, 1.807) is 12.3 Å². The van der Waals surface area contributed by atoms with Crippen LogP contribution in [-0.2, 0) is 9.47 Å². The fraction of sp³-hybridized carbons (Fsp3) is 0.500. The first-order valence-corrected chi connectivity index (χ1v) is 12.0. The van der Waals surface area contributed by atoms with Gasteiger partial charge in [0.2, 0.25) is 0 Å². The van der Waals surface area contributed by atoms with Gasteiger partial charge in [0.25, 0.3) is 0 Å². The van der Waals surface area contributed by atoms with Gasteiger partial charge in [-0.1, -0.05) is 11.8 Å². The Morgan fingerprint density at radius 2 is 2.18 bits per heavy atom. The summed E-state index contributed by atoms with van der Waals surface area (Å²) >= 11 is 0. The van der Waals surface area contributed by atoms with Crippen LogP contribution in [0.15, 0.2) is 24.4 Å². The van der Waals surface area contributed by atoms with Crippen LogP contribution in [-0.4, -0.2) is 54.8 Å². The molecule has 172 valence electrons. The molecule has 1 saturated carbocycles. The molecule has 0 bridgehead atoms. The number of rotatable bonds is 5. The molecule has 33 heavy (non-hydrogen) atoms. The lowest BCUT2D eigenvalue weighted by molar-refractivity contribution is 0.00530. The molecule has 7 nitrogen and oxygen atoms in total. The Morgan fingerprint density at radius 1 is 1.27 bits per heavy atom. The highest BCUT2D eigenvalue weighted by Gasteiger charge is 2.24. The molecule has 3 aliphatic rings. The van der Waals surface area contributed by atoms with E-state index < -0.39 is 0 Å². The minimum Gasteiger partial charge on any atom is -0.377 e. The zero-order valence-electron chi connectivity index (χ0n) is 19.1. The number of pyridine rings is 2. The molecule has 1 aliphatic carbocycles. The summed E-state index contributed by atoms with van der Waals surface area (Å²) in [6.45, 7) is 5.07. The van der Waals surface area contributed by atoms with Crippen LogP contribution in [0.25, 0.3) is 16.6 Å². The van der Waals surface area contributed by atoms with Crippen molar-refractivity contribution >= 4 is 28.6 Å². The Kier molecular flexibility index (Phi) is 6.56. The number of anilines is 1. The van der Waals surface area contributed by atoms with Crippen LogP contribution in [0.5, 0.6) is 0 Å². The SMILES string of the molecule is C[C@@H]1COCCN1c1cc(C#CC2CC2)c2ccnc(/C(=C/C=N)NC3CCCCO3)c2n1. The smallest absolute Gasteiger partial charge is 0.130 e. The number of allylic oxidation sites excluding steroid dienone is 1. The zero-order chi connectivity index (χ0) is 22.6. The Hall–Kier alpha value is -2.95. The molecule has 1 unspecified atom stereocenters. The monoisotopic (exact) mass is 445 g/mol. The number of hydrogen-bond acceptors (Lipinski definition) is 7. The van der Waals surface area contributed by atoms with E-state index >= 15 is 0 Å². The molecule has 2 aromatic heterocycles. The van der Waals surface area contributed by atoms with Crippen LogP contribution in [0, 0.1) is 23.2 Å². The van der Waals surface area contributed by atoms with Crippen LogP contribution in [0.3, 0.4) is 0 Å². The second-order valence-corrected chi connectivity index (χ2v) is 8.99. The second-order valence-electron chi connectivity index (χ2n) is 8.99. The van der Waals surface area contributed by atoms with Crippen molar-refractivity contribution in [1.29, 1.82) is 5.41 Å². The van der Waals surface area contributed by atoms with E-state index in [1.807, 2.05) is 6.07 Å². The van der Waals surface area contributed by atoms with Gasteiger partial charge in [0.15, 0.2) is 0 Å². The summed E-state index contributed by atoms with van der Waals surface area (Å²) in [6.07, 6.45) is 10.3. The van der Waals surface area contributed by atoms with E-state index in [0.717, 1.165) is 66.1 Å². The standard InChI is InChI=1S/C26H31N5O2/c1-18-17-32-15-13-31(18)23-16-20(8-7-19-5-6-19)21-10-12-28-26(25(21)30-23)22(9-11-27)29-24-4-2-3-14-33-24/h9-12,16,18-19,24,27,29H,2-6,13-15,17H2,1H3/b22-9-,27-11?/t18-,24?/m1/s1. The maximum Gasteiger partial charge on any atom is 0.130 e. The summed E-state index contributed by atoms with van der Waals surface area (Å²) in [4.78, 5) is 12.1. The maximum absolute atomic E-state index is 7.72. The number of aromatic nitrogens is 2. The molecule has 0 radical (unpaired) electrons. The third-order valence-corrected chi connectivity index (χ3v) is 6.37. The molecule has 3 fully saturated rings. The van der Waals surface area contributed by atoms with E-state index in [1.165, 1.54) is 19.1 Å². The molecule has 5 rings (SSSR count). The van der Waals surface area contributed by atoms with Gasteiger partial charge < -0.3 is 25.1 Å². The van der Waals surface area contributed by atoms with Crippen LogP contribution in [0.2, 0.25) is 0 Å². The molecule has 2 aromatic rings. The van der Waals surface area contributed by atoms with Gasteiger partial charge in [0, 0.05) is 42.4 Å². The highest BCUT2D eigenvalue weighted by atomic mass is 16.5. The van der Waals surface area contributed by atoms with Gasteiger partial charge in [-0.2, -0.15) is 0 Å².